The molecule has 0 radical (unpaired) electrons. The molecule has 3 heteroatoms. The summed E-state index contributed by atoms with van der Waals surface area (Å²) in [6, 6.07) is 0. The van der Waals surface area contributed by atoms with Gasteiger partial charge in [0.1, 0.15) is 0 Å². The largest absolute Gasteiger partial charge is 0.134 e. The lowest BCUT2D eigenvalue weighted by atomic mass is 10.2. The summed E-state index contributed by atoms with van der Waals surface area (Å²) < 4.78 is 0. The summed E-state index contributed by atoms with van der Waals surface area (Å²) >= 11 is 5.50. The number of rotatable bonds is 4. The highest BCUT2D eigenvalue weighted by Gasteiger charge is 2.05. The second-order valence-electron chi connectivity index (χ2n) is 2.68. The van der Waals surface area contributed by atoms with Gasteiger partial charge in [0.2, 0.25) is 0 Å². The van der Waals surface area contributed by atoms with Crippen LogP contribution in [0.1, 0.15) is 20.8 Å². The van der Waals surface area contributed by atoms with E-state index in [1.54, 1.807) is 0 Å². The number of hydrogen-bond acceptors (Lipinski definition) is 3. The lowest BCUT2D eigenvalue weighted by Crippen LogP contribution is -1.86. The van der Waals surface area contributed by atoms with Crippen LogP contribution in [0.15, 0.2) is 20.3 Å². The molecule has 0 aromatic rings. The molecule has 76 valence electrons. The Morgan fingerprint density at radius 3 is 1.46 bits per heavy atom. The molecular formula is C10H18S3. The lowest BCUT2D eigenvalue weighted by Gasteiger charge is -2.11. The average molecular weight is 234 g/mol. The molecule has 0 aromatic heterocycles. The molecule has 0 nitrogen and oxygen atoms in total. The van der Waals surface area contributed by atoms with Crippen molar-refractivity contribution in [3.05, 3.63) is 20.3 Å². The lowest BCUT2D eigenvalue weighted by molar-refractivity contribution is 1.41. The maximum atomic E-state index is 2.21. The van der Waals surface area contributed by atoms with Gasteiger partial charge in [-0.05, 0) is 54.9 Å². The molecule has 0 fully saturated rings. The Kier molecular flexibility index (Phi) is 7.19. The van der Waals surface area contributed by atoms with E-state index in [9.17, 15) is 0 Å². The fraction of sp³-hybridized carbons (Fsp3) is 0.600. The topological polar surface area (TPSA) is 0 Å². The number of thioether (sulfide) groups is 3. The fourth-order valence-electron chi connectivity index (χ4n) is 0.967. The van der Waals surface area contributed by atoms with E-state index in [4.69, 9.17) is 0 Å². The minimum atomic E-state index is 1.41. The van der Waals surface area contributed by atoms with Crippen LogP contribution in [-0.4, -0.2) is 18.8 Å². The van der Waals surface area contributed by atoms with Crippen molar-refractivity contribution in [2.24, 2.45) is 0 Å². The van der Waals surface area contributed by atoms with Crippen LogP contribution in [0.3, 0.4) is 0 Å². The van der Waals surface area contributed by atoms with E-state index < -0.39 is 0 Å². The van der Waals surface area contributed by atoms with Crippen molar-refractivity contribution in [2.45, 2.75) is 20.8 Å². The summed E-state index contributed by atoms with van der Waals surface area (Å²) in [5.41, 5.74) is 1.42. The molecule has 0 aromatic carbocycles. The Morgan fingerprint density at radius 1 is 0.692 bits per heavy atom. The first-order valence-corrected chi connectivity index (χ1v) is 7.76. The molecule has 0 saturated carbocycles. The Labute approximate surface area is 95.0 Å². The van der Waals surface area contributed by atoms with Crippen molar-refractivity contribution in [1.82, 2.24) is 0 Å². The van der Waals surface area contributed by atoms with Crippen molar-refractivity contribution in [2.75, 3.05) is 18.8 Å². The van der Waals surface area contributed by atoms with Crippen LogP contribution in [0.4, 0.5) is 0 Å². The maximum Gasteiger partial charge on any atom is 0.0198 e. The molecule has 0 rings (SSSR count). The van der Waals surface area contributed by atoms with Crippen LogP contribution in [0, 0.1) is 0 Å². The van der Waals surface area contributed by atoms with Crippen LogP contribution >= 0.6 is 35.3 Å². The molecule has 0 spiro atoms. The predicted molar refractivity (Wildman–Crippen MR) is 71.6 cm³/mol. The molecular weight excluding hydrogens is 216 g/mol. The summed E-state index contributed by atoms with van der Waals surface area (Å²) in [6.07, 6.45) is 6.41. The summed E-state index contributed by atoms with van der Waals surface area (Å²) in [5.74, 6) is 0. The molecule has 0 aliphatic heterocycles. The van der Waals surface area contributed by atoms with E-state index in [0.29, 0.717) is 0 Å². The Hall–Kier alpha value is 0.530. The molecule has 0 heterocycles. The second-order valence-corrected chi connectivity index (χ2v) is 5.54. The van der Waals surface area contributed by atoms with Gasteiger partial charge in [0.25, 0.3) is 0 Å². The van der Waals surface area contributed by atoms with E-state index in [-0.39, 0.29) is 0 Å². The third-order valence-corrected chi connectivity index (χ3v) is 4.89. The zero-order valence-electron chi connectivity index (χ0n) is 9.22. The van der Waals surface area contributed by atoms with Crippen LogP contribution in [-0.2, 0) is 0 Å². The van der Waals surface area contributed by atoms with Crippen LogP contribution < -0.4 is 0 Å². The minimum absolute atomic E-state index is 1.41. The summed E-state index contributed by atoms with van der Waals surface area (Å²) in [5, 5.41) is 0. The molecule has 0 aliphatic carbocycles. The van der Waals surface area contributed by atoms with Crippen molar-refractivity contribution >= 4 is 35.3 Å². The average Bonchev–Trinajstić information content (AvgIpc) is 2.17. The molecule has 0 N–H and O–H groups in total. The zero-order chi connectivity index (χ0) is 10.4. The zero-order valence-corrected chi connectivity index (χ0v) is 11.7. The van der Waals surface area contributed by atoms with E-state index in [2.05, 4.69) is 39.5 Å². The van der Waals surface area contributed by atoms with Gasteiger partial charge in [0, 0.05) is 4.91 Å². The maximum absolute atomic E-state index is 2.21. The van der Waals surface area contributed by atoms with Crippen LogP contribution in [0.25, 0.3) is 0 Å². The first-order valence-electron chi connectivity index (χ1n) is 4.09. The quantitative estimate of drug-likeness (QED) is 0.652. The van der Waals surface area contributed by atoms with Crippen molar-refractivity contribution in [1.29, 1.82) is 0 Å². The molecule has 0 aliphatic rings. The first-order chi connectivity index (χ1) is 6.08. The number of hydrogen-bond donors (Lipinski definition) is 0. The molecule has 0 bridgehead atoms. The molecule has 0 atom stereocenters. The highest BCUT2D eigenvalue weighted by molar-refractivity contribution is 8.06. The minimum Gasteiger partial charge on any atom is -0.134 e. The van der Waals surface area contributed by atoms with E-state index >= 15 is 0 Å². The molecule has 0 amide bonds. The smallest absolute Gasteiger partial charge is 0.0198 e. The van der Waals surface area contributed by atoms with Gasteiger partial charge in [-0.15, -0.1) is 35.3 Å². The summed E-state index contributed by atoms with van der Waals surface area (Å²) in [6.45, 7) is 6.58. The summed E-state index contributed by atoms with van der Waals surface area (Å²) in [7, 11) is 0. The normalized spacial score (nSPS) is 15.2. The van der Waals surface area contributed by atoms with Gasteiger partial charge in [0.05, 0.1) is 0 Å². The SMILES string of the molecule is CS/C(C)=C(SC)/C(C)=C(\C)SC. The Balaban J connectivity index is 5.00. The fourth-order valence-corrected chi connectivity index (χ4v) is 3.02. The van der Waals surface area contributed by atoms with Gasteiger partial charge in [-0.1, -0.05) is 0 Å². The van der Waals surface area contributed by atoms with Crippen LogP contribution in [0.5, 0.6) is 0 Å². The first kappa shape index (κ1) is 13.5. The number of allylic oxidation sites excluding steroid dienone is 3. The molecule has 13 heavy (non-hydrogen) atoms. The molecule has 0 unspecified atom stereocenters. The third kappa shape index (κ3) is 4.05. The Bertz CT molecular complexity index is 226. The van der Waals surface area contributed by atoms with E-state index in [0.717, 1.165) is 0 Å². The molecule has 0 saturated heterocycles. The van der Waals surface area contributed by atoms with E-state index in [1.807, 2.05) is 35.3 Å². The third-order valence-electron chi connectivity index (χ3n) is 2.00. The van der Waals surface area contributed by atoms with Crippen molar-refractivity contribution in [3.8, 4) is 0 Å². The van der Waals surface area contributed by atoms with Gasteiger partial charge in [-0.2, -0.15) is 0 Å². The Morgan fingerprint density at radius 2 is 1.15 bits per heavy atom. The monoisotopic (exact) mass is 234 g/mol. The summed E-state index contributed by atoms with van der Waals surface area (Å²) in [4.78, 5) is 4.26. The van der Waals surface area contributed by atoms with Crippen LogP contribution in [0.2, 0.25) is 0 Å². The van der Waals surface area contributed by atoms with E-state index in [1.165, 1.54) is 20.3 Å². The standard InChI is InChI=1S/C10H18S3/c1-7(8(2)11-4)10(13-6)9(3)12-5/h1-6H3/b8-7+,10-9-. The van der Waals surface area contributed by atoms with Gasteiger partial charge in [-0.25, -0.2) is 0 Å². The van der Waals surface area contributed by atoms with Gasteiger partial charge in [-0.3, -0.25) is 0 Å². The van der Waals surface area contributed by atoms with Crippen molar-refractivity contribution < 1.29 is 0 Å². The predicted octanol–water partition coefficient (Wildman–Crippen LogP) is 4.60. The highest BCUT2D eigenvalue weighted by atomic mass is 32.2. The van der Waals surface area contributed by atoms with Crippen molar-refractivity contribution in [3.63, 3.8) is 0 Å². The van der Waals surface area contributed by atoms with Gasteiger partial charge < -0.3 is 0 Å². The second kappa shape index (κ2) is 6.91. The van der Waals surface area contributed by atoms with Gasteiger partial charge >= 0.3 is 0 Å². The van der Waals surface area contributed by atoms with Gasteiger partial charge in [0.15, 0.2) is 0 Å². The highest BCUT2D eigenvalue weighted by Crippen LogP contribution is 2.33.